The minimum Gasteiger partial charge on any atom is -0.482 e. The molecule has 168 valence electrons. The summed E-state index contributed by atoms with van der Waals surface area (Å²) in [7, 11) is 0. The van der Waals surface area contributed by atoms with Crippen LogP contribution in [0.2, 0.25) is 10.0 Å². The summed E-state index contributed by atoms with van der Waals surface area (Å²) in [5, 5.41) is 3.39. The van der Waals surface area contributed by atoms with Crippen molar-refractivity contribution in [1.29, 1.82) is 0 Å². The van der Waals surface area contributed by atoms with Crippen LogP contribution in [0.1, 0.15) is 6.42 Å². The van der Waals surface area contributed by atoms with E-state index >= 15 is 0 Å². The SMILES string of the molecule is O=C(CC1C(=O)Oc2ccccc2N1C(=O)COc1ccc(Cl)cc1Cl)Nc1ccccc1. The Morgan fingerprint density at radius 1 is 1.00 bits per heavy atom. The van der Waals surface area contributed by atoms with E-state index in [0.717, 1.165) is 0 Å². The lowest BCUT2D eigenvalue weighted by Gasteiger charge is -2.34. The zero-order valence-corrected chi connectivity index (χ0v) is 18.7. The molecule has 0 saturated carbocycles. The van der Waals surface area contributed by atoms with Crippen LogP contribution in [0.3, 0.4) is 0 Å². The number of carbonyl (C=O) groups excluding carboxylic acids is 3. The molecule has 0 bridgehead atoms. The number of nitrogens with zero attached hydrogens (tertiary/aromatic N) is 1. The number of amides is 2. The van der Waals surface area contributed by atoms with Gasteiger partial charge in [0.05, 0.1) is 17.1 Å². The zero-order valence-electron chi connectivity index (χ0n) is 17.2. The number of anilines is 2. The van der Waals surface area contributed by atoms with E-state index in [1.165, 1.54) is 11.0 Å². The number of ether oxygens (including phenoxy) is 2. The van der Waals surface area contributed by atoms with Crippen LogP contribution in [0, 0.1) is 0 Å². The Kier molecular flexibility index (Phi) is 6.82. The average Bonchev–Trinajstić information content (AvgIpc) is 2.79. The minimum atomic E-state index is -1.17. The van der Waals surface area contributed by atoms with E-state index in [2.05, 4.69) is 5.32 Å². The number of carbonyl (C=O) groups is 3. The molecule has 0 fully saturated rings. The number of hydrogen-bond donors (Lipinski definition) is 1. The molecule has 0 aliphatic carbocycles. The molecule has 3 aromatic rings. The van der Waals surface area contributed by atoms with E-state index in [0.29, 0.717) is 16.4 Å². The second-order valence-electron chi connectivity index (χ2n) is 7.15. The molecule has 33 heavy (non-hydrogen) atoms. The van der Waals surface area contributed by atoms with Crippen molar-refractivity contribution in [2.24, 2.45) is 0 Å². The molecule has 1 atom stereocenters. The van der Waals surface area contributed by atoms with Gasteiger partial charge in [0.2, 0.25) is 5.91 Å². The molecule has 0 spiro atoms. The predicted octanol–water partition coefficient (Wildman–Crippen LogP) is 4.72. The van der Waals surface area contributed by atoms with Gasteiger partial charge in [-0.15, -0.1) is 0 Å². The van der Waals surface area contributed by atoms with Crippen molar-refractivity contribution in [2.75, 3.05) is 16.8 Å². The summed E-state index contributed by atoms with van der Waals surface area (Å²) in [4.78, 5) is 39.8. The summed E-state index contributed by atoms with van der Waals surface area (Å²) < 4.78 is 11.0. The summed E-state index contributed by atoms with van der Waals surface area (Å²) in [6.07, 6.45) is -0.296. The van der Waals surface area contributed by atoms with E-state index in [9.17, 15) is 14.4 Å². The van der Waals surface area contributed by atoms with Crippen molar-refractivity contribution in [2.45, 2.75) is 12.5 Å². The van der Waals surface area contributed by atoms with Crippen molar-refractivity contribution in [3.05, 3.63) is 82.8 Å². The summed E-state index contributed by atoms with van der Waals surface area (Å²) in [5.41, 5.74) is 0.941. The highest BCUT2D eigenvalue weighted by atomic mass is 35.5. The number of fused-ring (bicyclic) bond motifs is 1. The maximum absolute atomic E-state index is 13.2. The normalized spacial score (nSPS) is 14.8. The standard InChI is InChI=1S/C24H18Cl2N2O5/c25-15-10-11-20(17(26)12-15)32-14-23(30)28-18-8-4-5-9-21(18)33-24(31)19(28)13-22(29)27-16-6-2-1-3-7-16/h1-12,19H,13-14H2,(H,27,29). The van der Waals surface area contributed by atoms with Gasteiger partial charge in [0.25, 0.3) is 5.91 Å². The monoisotopic (exact) mass is 484 g/mol. The fourth-order valence-corrected chi connectivity index (χ4v) is 3.85. The van der Waals surface area contributed by atoms with Crippen molar-refractivity contribution in [1.82, 2.24) is 0 Å². The van der Waals surface area contributed by atoms with E-state index in [1.807, 2.05) is 6.07 Å². The van der Waals surface area contributed by atoms with E-state index in [4.69, 9.17) is 32.7 Å². The number of hydrogen-bond acceptors (Lipinski definition) is 5. The molecule has 1 N–H and O–H groups in total. The molecular weight excluding hydrogens is 467 g/mol. The molecule has 7 nitrogen and oxygen atoms in total. The molecule has 1 aliphatic heterocycles. The summed E-state index contributed by atoms with van der Waals surface area (Å²) in [6, 6.07) is 18.9. The summed E-state index contributed by atoms with van der Waals surface area (Å²) in [5.74, 6) is -1.21. The van der Waals surface area contributed by atoms with Gasteiger partial charge in [-0.3, -0.25) is 14.5 Å². The van der Waals surface area contributed by atoms with Gasteiger partial charge < -0.3 is 14.8 Å². The first kappa shape index (κ1) is 22.6. The van der Waals surface area contributed by atoms with Gasteiger partial charge in [-0.05, 0) is 42.5 Å². The van der Waals surface area contributed by atoms with Gasteiger partial charge in [0.1, 0.15) is 11.8 Å². The minimum absolute atomic E-state index is 0.222. The number of para-hydroxylation sites is 3. The zero-order chi connectivity index (χ0) is 23.4. The Bertz CT molecular complexity index is 1200. The van der Waals surface area contributed by atoms with Crippen LogP contribution in [0.25, 0.3) is 0 Å². The van der Waals surface area contributed by atoms with Crippen molar-refractivity contribution < 1.29 is 23.9 Å². The molecule has 9 heteroatoms. The highest BCUT2D eigenvalue weighted by molar-refractivity contribution is 6.35. The third-order valence-corrected chi connectivity index (χ3v) is 5.40. The fraction of sp³-hybridized carbons (Fsp3) is 0.125. The Labute approximate surface area is 199 Å². The van der Waals surface area contributed by atoms with E-state index in [-0.39, 0.29) is 22.9 Å². The first-order valence-corrected chi connectivity index (χ1v) is 10.7. The van der Waals surface area contributed by atoms with Crippen LogP contribution in [-0.4, -0.2) is 30.4 Å². The maximum atomic E-state index is 13.2. The molecule has 2 amide bonds. The average molecular weight is 485 g/mol. The van der Waals surface area contributed by atoms with Gasteiger partial charge in [0.15, 0.2) is 12.4 Å². The highest BCUT2D eigenvalue weighted by Crippen LogP contribution is 2.35. The van der Waals surface area contributed by atoms with E-state index in [1.54, 1.807) is 60.7 Å². The molecule has 0 radical (unpaired) electrons. The van der Waals surface area contributed by atoms with E-state index < -0.39 is 30.4 Å². The van der Waals surface area contributed by atoms with Gasteiger partial charge >= 0.3 is 5.97 Å². The number of rotatable bonds is 6. The van der Waals surface area contributed by atoms with Crippen LogP contribution in [0.4, 0.5) is 11.4 Å². The second-order valence-corrected chi connectivity index (χ2v) is 7.99. The lowest BCUT2D eigenvalue weighted by Crippen LogP contribution is -2.52. The van der Waals surface area contributed by atoms with Crippen molar-refractivity contribution >= 4 is 52.4 Å². The van der Waals surface area contributed by atoms with Crippen molar-refractivity contribution in [3.63, 3.8) is 0 Å². The molecule has 0 aromatic heterocycles. The number of benzene rings is 3. The first-order valence-electron chi connectivity index (χ1n) is 9.98. The smallest absolute Gasteiger partial charge is 0.335 e. The van der Waals surface area contributed by atoms with Gasteiger partial charge in [-0.1, -0.05) is 53.5 Å². The maximum Gasteiger partial charge on any atom is 0.335 e. The summed E-state index contributed by atoms with van der Waals surface area (Å²) >= 11 is 12.0. The number of halogens is 2. The van der Waals surface area contributed by atoms with Crippen LogP contribution >= 0.6 is 23.2 Å². The highest BCUT2D eigenvalue weighted by Gasteiger charge is 2.40. The lowest BCUT2D eigenvalue weighted by atomic mass is 10.1. The first-order chi connectivity index (χ1) is 15.9. The largest absolute Gasteiger partial charge is 0.482 e. The van der Waals surface area contributed by atoms with Gasteiger partial charge in [0, 0.05) is 10.7 Å². The van der Waals surface area contributed by atoms with Gasteiger partial charge in [-0.2, -0.15) is 0 Å². The molecule has 4 rings (SSSR count). The molecule has 3 aromatic carbocycles. The Morgan fingerprint density at radius 3 is 2.48 bits per heavy atom. The fourth-order valence-electron chi connectivity index (χ4n) is 3.39. The Hall–Kier alpha value is -3.55. The third kappa shape index (κ3) is 5.27. The number of nitrogens with one attached hydrogen (secondary N) is 1. The van der Waals surface area contributed by atoms with Gasteiger partial charge in [-0.25, -0.2) is 4.79 Å². The molecule has 0 saturated heterocycles. The molecule has 1 heterocycles. The summed E-state index contributed by atoms with van der Waals surface area (Å²) in [6.45, 7) is -0.417. The van der Waals surface area contributed by atoms with Crippen molar-refractivity contribution in [3.8, 4) is 11.5 Å². The molecular formula is C24H18Cl2N2O5. The second kappa shape index (κ2) is 9.94. The van der Waals surface area contributed by atoms with Crippen LogP contribution in [0.5, 0.6) is 11.5 Å². The predicted molar refractivity (Wildman–Crippen MR) is 125 cm³/mol. The Balaban J connectivity index is 1.56. The molecule has 1 aliphatic rings. The molecule has 1 unspecified atom stereocenters. The quantitative estimate of drug-likeness (QED) is 0.404. The Morgan fingerprint density at radius 2 is 1.73 bits per heavy atom. The van der Waals surface area contributed by atoms with Crippen LogP contribution in [0.15, 0.2) is 72.8 Å². The van der Waals surface area contributed by atoms with Crippen LogP contribution in [-0.2, 0) is 14.4 Å². The number of esters is 1. The lowest BCUT2D eigenvalue weighted by molar-refractivity contribution is -0.140. The third-order valence-electron chi connectivity index (χ3n) is 4.87. The van der Waals surface area contributed by atoms with Crippen LogP contribution < -0.4 is 19.7 Å². The topological polar surface area (TPSA) is 84.9 Å².